The Morgan fingerprint density at radius 1 is 1.11 bits per heavy atom. The van der Waals surface area contributed by atoms with Gasteiger partial charge in [-0.2, -0.15) is 0 Å². The fraction of sp³-hybridized carbons (Fsp3) is 0.167. The number of hydrogen-bond acceptors (Lipinski definition) is 3. The molecular weight excluding hydrogens is 274 g/mol. The first-order valence-corrected chi connectivity index (χ1v) is 6.95. The number of nitrogen functional groups attached to an aromatic ring is 1. The number of hydrogen-bond donors (Lipinski definition) is 2. The first-order chi connectivity index (χ1) is 8.92. The molecule has 19 heavy (non-hydrogen) atoms. The number of rotatable bonds is 4. The standard InChI is InChI=1S/C12H12F2N2O2S/c13-12(14)7-16-19(17,18)11-6-5-10(15)8-3-1-2-4-9(8)11/h1-6,12,16H,7,15H2. The van der Waals surface area contributed by atoms with E-state index in [1.807, 2.05) is 4.72 Å². The molecule has 0 fully saturated rings. The molecule has 0 aliphatic carbocycles. The average molecular weight is 286 g/mol. The van der Waals surface area contributed by atoms with Crippen LogP contribution in [0.1, 0.15) is 0 Å². The summed E-state index contributed by atoms with van der Waals surface area (Å²) in [4.78, 5) is -0.0575. The Kier molecular flexibility index (Phi) is 3.68. The van der Waals surface area contributed by atoms with Gasteiger partial charge in [0, 0.05) is 16.5 Å². The fourth-order valence-electron chi connectivity index (χ4n) is 1.78. The summed E-state index contributed by atoms with van der Waals surface area (Å²) in [6.45, 7) is -0.916. The van der Waals surface area contributed by atoms with Crippen molar-refractivity contribution in [2.45, 2.75) is 11.3 Å². The maximum absolute atomic E-state index is 12.1. The van der Waals surface area contributed by atoms with Crippen LogP contribution in [-0.2, 0) is 10.0 Å². The van der Waals surface area contributed by atoms with E-state index in [0.29, 0.717) is 16.5 Å². The number of fused-ring (bicyclic) bond motifs is 1. The van der Waals surface area contributed by atoms with E-state index in [1.54, 1.807) is 24.3 Å². The van der Waals surface area contributed by atoms with E-state index in [0.717, 1.165) is 0 Å². The lowest BCUT2D eigenvalue weighted by Crippen LogP contribution is -2.28. The molecule has 0 aliphatic heterocycles. The predicted octanol–water partition coefficient (Wildman–Crippen LogP) is 1.97. The van der Waals surface area contributed by atoms with Gasteiger partial charge in [0.25, 0.3) is 6.43 Å². The van der Waals surface area contributed by atoms with Crippen molar-refractivity contribution in [2.75, 3.05) is 12.3 Å². The highest BCUT2D eigenvalue weighted by Gasteiger charge is 2.19. The smallest absolute Gasteiger partial charge is 0.251 e. The summed E-state index contributed by atoms with van der Waals surface area (Å²) in [5.41, 5.74) is 6.19. The molecule has 3 N–H and O–H groups in total. The number of halogens is 2. The second-order valence-electron chi connectivity index (χ2n) is 3.94. The lowest BCUT2D eigenvalue weighted by Gasteiger charge is -2.10. The molecule has 0 spiro atoms. The van der Waals surface area contributed by atoms with Crippen molar-refractivity contribution in [3.8, 4) is 0 Å². The molecule has 0 aromatic heterocycles. The molecule has 0 bridgehead atoms. The Labute approximate surface area is 109 Å². The summed E-state index contributed by atoms with van der Waals surface area (Å²) in [6.07, 6.45) is -2.74. The van der Waals surface area contributed by atoms with Crippen molar-refractivity contribution in [1.82, 2.24) is 4.72 Å². The third kappa shape index (κ3) is 2.82. The number of anilines is 1. The van der Waals surface area contributed by atoms with Crippen LogP contribution in [0.2, 0.25) is 0 Å². The lowest BCUT2D eigenvalue weighted by molar-refractivity contribution is 0.153. The minimum Gasteiger partial charge on any atom is -0.398 e. The first-order valence-electron chi connectivity index (χ1n) is 5.47. The Balaban J connectivity index is 2.54. The van der Waals surface area contributed by atoms with Crippen LogP contribution in [0.5, 0.6) is 0 Å². The molecule has 0 heterocycles. The summed E-state index contributed by atoms with van der Waals surface area (Å²) in [5.74, 6) is 0. The molecule has 0 amide bonds. The van der Waals surface area contributed by atoms with Crippen LogP contribution in [0, 0.1) is 0 Å². The molecule has 2 aromatic carbocycles. The Hall–Kier alpha value is -1.73. The van der Waals surface area contributed by atoms with E-state index in [-0.39, 0.29) is 4.90 Å². The van der Waals surface area contributed by atoms with E-state index < -0.39 is 23.0 Å². The summed E-state index contributed by atoms with van der Waals surface area (Å²) >= 11 is 0. The van der Waals surface area contributed by atoms with Gasteiger partial charge in [0.2, 0.25) is 10.0 Å². The van der Waals surface area contributed by atoms with Crippen LogP contribution in [0.4, 0.5) is 14.5 Å². The minimum absolute atomic E-state index is 0.0575. The molecule has 0 unspecified atom stereocenters. The van der Waals surface area contributed by atoms with Gasteiger partial charge in [-0.1, -0.05) is 24.3 Å². The van der Waals surface area contributed by atoms with Gasteiger partial charge in [0.1, 0.15) is 0 Å². The summed E-state index contributed by atoms with van der Waals surface area (Å²) < 4.78 is 50.0. The summed E-state index contributed by atoms with van der Waals surface area (Å²) in [6, 6.07) is 9.40. The third-order valence-electron chi connectivity index (χ3n) is 2.63. The van der Waals surface area contributed by atoms with Crippen LogP contribution >= 0.6 is 0 Å². The maximum Gasteiger partial charge on any atom is 0.251 e. The van der Waals surface area contributed by atoms with E-state index in [1.165, 1.54) is 12.1 Å². The highest BCUT2D eigenvalue weighted by Crippen LogP contribution is 2.27. The van der Waals surface area contributed by atoms with Gasteiger partial charge >= 0.3 is 0 Å². The number of sulfonamides is 1. The molecule has 2 rings (SSSR count). The molecule has 102 valence electrons. The van der Waals surface area contributed by atoms with Crippen molar-refractivity contribution in [3.05, 3.63) is 36.4 Å². The third-order valence-corrected chi connectivity index (χ3v) is 4.12. The van der Waals surface area contributed by atoms with Crippen molar-refractivity contribution < 1.29 is 17.2 Å². The summed E-state index contributed by atoms with van der Waals surface area (Å²) in [7, 11) is -3.98. The number of nitrogens with two attached hydrogens (primary N) is 1. The molecule has 0 saturated heterocycles. The topological polar surface area (TPSA) is 72.2 Å². The number of alkyl halides is 2. The predicted molar refractivity (Wildman–Crippen MR) is 69.6 cm³/mol. The Bertz CT molecular complexity index is 702. The molecule has 4 nitrogen and oxygen atoms in total. The van der Waals surface area contributed by atoms with Gasteiger partial charge in [-0.3, -0.25) is 0 Å². The average Bonchev–Trinajstić information content (AvgIpc) is 2.37. The molecule has 0 saturated carbocycles. The van der Waals surface area contributed by atoms with Crippen LogP contribution in [0.25, 0.3) is 10.8 Å². The molecule has 0 aliphatic rings. The number of benzene rings is 2. The van der Waals surface area contributed by atoms with Gasteiger partial charge in [-0.25, -0.2) is 21.9 Å². The molecule has 0 radical (unpaired) electrons. The van der Waals surface area contributed by atoms with Crippen molar-refractivity contribution in [1.29, 1.82) is 0 Å². The van der Waals surface area contributed by atoms with Gasteiger partial charge in [-0.05, 0) is 12.1 Å². The number of nitrogens with one attached hydrogen (secondary N) is 1. The van der Waals surface area contributed by atoms with E-state index in [2.05, 4.69) is 0 Å². The van der Waals surface area contributed by atoms with Gasteiger partial charge < -0.3 is 5.73 Å². The van der Waals surface area contributed by atoms with Crippen molar-refractivity contribution in [3.63, 3.8) is 0 Å². The van der Waals surface area contributed by atoms with E-state index in [4.69, 9.17) is 5.73 Å². The largest absolute Gasteiger partial charge is 0.398 e. The zero-order valence-electron chi connectivity index (χ0n) is 9.81. The summed E-state index contributed by atoms with van der Waals surface area (Å²) in [5, 5.41) is 0.978. The SMILES string of the molecule is Nc1ccc(S(=O)(=O)NCC(F)F)c2ccccc12. The van der Waals surface area contributed by atoms with Gasteiger partial charge in [0.05, 0.1) is 11.4 Å². The Morgan fingerprint density at radius 3 is 2.37 bits per heavy atom. The fourth-order valence-corrected chi connectivity index (χ4v) is 3.00. The minimum atomic E-state index is -3.98. The van der Waals surface area contributed by atoms with Gasteiger partial charge in [0.15, 0.2) is 0 Å². The van der Waals surface area contributed by atoms with Crippen molar-refractivity contribution in [2.24, 2.45) is 0 Å². The Morgan fingerprint density at radius 2 is 1.74 bits per heavy atom. The molecule has 7 heteroatoms. The van der Waals surface area contributed by atoms with Gasteiger partial charge in [-0.15, -0.1) is 0 Å². The molecule has 2 aromatic rings. The van der Waals surface area contributed by atoms with Crippen molar-refractivity contribution >= 4 is 26.5 Å². The quantitative estimate of drug-likeness (QED) is 0.844. The second-order valence-corrected chi connectivity index (χ2v) is 5.68. The highest BCUT2D eigenvalue weighted by atomic mass is 32.2. The maximum atomic E-state index is 12.1. The normalized spacial score (nSPS) is 12.2. The van der Waals surface area contributed by atoms with E-state index in [9.17, 15) is 17.2 Å². The zero-order chi connectivity index (χ0) is 14.0. The van der Waals surface area contributed by atoms with Crippen LogP contribution in [0.15, 0.2) is 41.3 Å². The molecular formula is C12H12F2N2O2S. The first kappa shape index (κ1) is 13.7. The van der Waals surface area contributed by atoms with E-state index >= 15 is 0 Å². The monoisotopic (exact) mass is 286 g/mol. The highest BCUT2D eigenvalue weighted by molar-refractivity contribution is 7.89. The molecule has 0 atom stereocenters. The lowest BCUT2D eigenvalue weighted by atomic mass is 10.1. The second kappa shape index (κ2) is 5.10. The zero-order valence-corrected chi connectivity index (χ0v) is 10.6. The van der Waals surface area contributed by atoms with Crippen LogP contribution in [-0.4, -0.2) is 21.4 Å². The van der Waals surface area contributed by atoms with Crippen LogP contribution in [0.3, 0.4) is 0 Å². The van der Waals surface area contributed by atoms with Crippen LogP contribution < -0.4 is 10.5 Å².